The molecule has 0 radical (unpaired) electrons. The minimum absolute atomic E-state index is 0.0969. The second-order valence-corrected chi connectivity index (χ2v) is 29.5. The van der Waals surface area contributed by atoms with Crippen molar-refractivity contribution in [3.8, 4) is 157 Å². The zero-order valence-corrected chi connectivity index (χ0v) is 61.2. The number of pyridine rings is 2. The van der Waals surface area contributed by atoms with E-state index in [0.29, 0.717) is 34.9 Å². The van der Waals surface area contributed by atoms with Crippen LogP contribution in [-0.4, -0.2) is 39.9 Å². The predicted molar refractivity (Wildman–Crippen MR) is 451 cm³/mol. The molecule has 20 rings (SSSR count). The van der Waals surface area contributed by atoms with Gasteiger partial charge in [-0.3, -0.25) is 9.97 Å². The summed E-state index contributed by atoms with van der Waals surface area (Å²) in [6.45, 7) is 9.43. The molecule has 18 aromatic rings. The number of aromatic nitrogens is 8. The van der Waals surface area contributed by atoms with Crippen LogP contribution < -0.4 is 0 Å². The molecular weight excluding hydrogens is 1340 g/mol. The maximum absolute atomic E-state index is 5.05. The normalized spacial score (nSPS) is 12.7. The fourth-order valence-corrected chi connectivity index (χ4v) is 16.3. The van der Waals surface area contributed by atoms with E-state index >= 15 is 0 Å². The van der Waals surface area contributed by atoms with Gasteiger partial charge in [-0.25, -0.2) is 29.9 Å². The Bertz CT molecular complexity index is 6560. The van der Waals surface area contributed by atoms with Gasteiger partial charge in [-0.05, 0) is 182 Å². The smallest absolute Gasteiger partial charge is 0.165 e. The summed E-state index contributed by atoms with van der Waals surface area (Å²) >= 11 is 0. The first-order valence-corrected chi connectivity index (χ1v) is 37.4. The molecule has 8 nitrogen and oxygen atoms in total. The molecule has 4 aromatic heterocycles. The van der Waals surface area contributed by atoms with E-state index in [2.05, 4.69) is 275 Å². The number of hydrogen-bond acceptors (Lipinski definition) is 8. The minimum atomic E-state index is -0.116. The van der Waals surface area contributed by atoms with Gasteiger partial charge in [-0.1, -0.05) is 313 Å². The second-order valence-electron chi connectivity index (χ2n) is 29.5. The summed E-state index contributed by atoms with van der Waals surface area (Å²) in [5, 5.41) is 5.23. The Morgan fingerprint density at radius 2 is 0.573 bits per heavy atom. The highest BCUT2D eigenvalue weighted by molar-refractivity contribution is 6.03. The Morgan fingerprint density at radius 3 is 1.09 bits per heavy atom. The Labute approximate surface area is 640 Å². The Hall–Kier alpha value is -14.1. The minimum Gasteiger partial charge on any atom is -0.265 e. The van der Waals surface area contributed by atoms with Gasteiger partial charge < -0.3 is 0 Å². The largest absolute Gasteiger partial charge is 0.265 e. The molecule has 0 bridgehead atoms. The molecule has 0 N–H and O–H groups in total. The van der Waals surface area contributed by atoms with Crippen LogP contribution in [0, 0.1) is 0 Å². The lowest BCUT2D eigenvalue weighted by Gasteiger charge is -2.23. The van der Waals surface area contributed by atoms with Crippen LogP contribution in [0.1, 0.15) is 49.9 Å². The average molecular weight is 1410 g/mol. The standard InChI is InChI=1S/2C51H36N4/c1-51(2)45-31-39(24-26-43(45)44-27-23-33-13-9-10-22-42(33)47(44)51)37-19-11-18-36(29-37)38-20-12-21-40(30-38)49-53-48(35-16-7-4-8-17-35)54-50(55-49)41-25-28-46(52-32-41)34-14-5-3-6-15-34;1-51(2)45-25-23-35-10-6-7-17-43(35)47(45)44-24-22-41(32-46(44)51)39-14-8-13-38(30-39)40-15-9-16-42(31-40)50-54-48(36-11-4-3-5-12-36)53-49(55-50)37-20-18-33(19-21-37)34-26-28-52-29-27-34/h2*3-32H,1-2H3. The van der Waals surface area contributed by atoms with Gasteiger partial charge in [0.25, 0.3) is 0 Å². The number of nitrogens with zero attached hydrogens (tertiary/aromatic N) is 8. The van der Waals surface area contributed by atoms with Crippen LogP contribution in [0.3, 0.4) is 0 Å². The van der Waals surface area contributed by atoms with E-state index in [1.54, 1.807) is 0 Å². The highest BCUT2D eigenvalue weighted by Crippen LogP contribution is 2.54. The molecule has 0 saturated carbocycles. The van der Waals surface area contributed by atoms with E-state index in [0.717, 1.165) is 78.0 Å². The number of benzene rings is 14. The summed E-state index contributed by atoms with van der Waals surface area (Å²) in [5.74, 6) is 3.72. The summed E-state index contributed by atoms with van der Waals surface area (Å²) in [5.41, 5.74) is 29.6. The first-order valence-electron chi connectivity index (χ1n) is 37.4. The molecule has 4 heterocycles. The SMILES string of the molecule is CC1(C)c2cc(-c3cccc(-c4cccc(-c5nc(-c6ccccc6)nc(-c6ccc(-c7ccccc7)nc6)n5)c4)c3)ccc2-c2ccc3ccccc3c21.CC1(C)c2cc(-c3cccc(-c4cccc(-c5nc(-c6ccccc6)nc(-c6ccc(-c7ccncc7)cc6)n5)c4)c3)ccc2-c2c1ccc1ccccc21. The highest BCUT2D eigenvalue weighted by Gasteiger charge is 2.38. The molecule has 110 heavy (non-hydrogen) atoms. The molecule has 0 spiro atoms. The van der Waals surface area contributed by atoms with Crippen LogP contribution in [-0.2, 0) is 10.8 Å². The van der Waals surface area contributed by atoms with E-state index in [1.165, 1.54) is 88.3 Å². The first-order chi connectivity index (χ1) is 54.0. The van der Waals surface area contributed by atoms with Crippen molar-refractivity contribution in [1.29, 1.82) is 0 Å². The molecule has 0 atom stereocenters. The van der Waals surface area contributed by atoms with E-state index < -0.39 is 0 Å². The molecule has 0 fully saturated rings. The molecule has 0 saturated heterocycles. The molecule has 520 valence electrons. The predicted octanol–water partition coefficient (Wildman–Crippen LogP) is 25.5. The maximum Gasteiger partial charge on any atom is 0.165 e. The summed E-state index contributed by atoms with van der Waals surface area (Å²) in [6, 6.07) is 122. The van der Waals surface area contributed by atoms with E-state index in [1.807, 2.05) is 122 Å². The van der Waals surface area contributed by atoms with Crippen molar-refractivity contribution in [2.45, 2.75) is 38.5 Å². The van der Waals surface area contributed by atoms with Crippen molar-refractivity contribution in [1.82, 2.24) is 39.9 Å². The Balaban J connectivity index is 0.000000149. The van der Waals surface area contributed by atoms with E-state index in [-0.39, 0.29) is 10.8 Å². The topological polar surface area (TPSA) is 103 Å². The van der Waals surface area contributed by atoms with Gasteiger partial charge in [-0.2, -0.15) is 0 Å². The monoisotopic (exact) mass is 1410 g/mol. The van der Waals surface area contributed by atoms with Gasteiger partial charge in [0.05, 0.1) is 5.69 Å². The van der Waals surface area contributed by atoms with Gasteiger partial charge in [0.15, 0.2) is 34.9 Å². The van der Waals surface area contributed by atoms with Gasteiger partial charge in [0.1, 0.15) is 0 Å². The molecular formula is C102H72N8. The molecule has 0 aliphatic heterocycles. The number of hydrogen-bond donors (Lipinski definition) is 0. The van der Waals surface area contributed by atoms with Crippen LogP contribution in [0.5, 0.6) is 0 Å². The van der Waals surface area contributed by atoms with Crippen LogP contribution in [0.25, 0.3) is 179 Å². The van der Waals surface area contributed by atoms with Gasteiger partial charge in [0.2, 0.25) is 0 Å². The highest BCUT2D eigenvalue weighted by atomic mass is 15.0. The lowest BCUT2D eigenvalue weighted by Crippen LogP contribution is -2.15. The number of fused-ring (bicyclic) bond motifs is 10. The van der Waals surface area contributed by atoms with E-state index in [4.69, 9.17) is 34.9 Å². The van der Waals surface area contributed by atoms with Crippen molar-refractivity contribution in [2.75, 3.05) is 0 Å². The van der Waals surface area contributed by atoms with Gasteiger partial charge in [0, 0.05) is 68.4 Å². The quantitative estimate of drug-likeness (QED) is 0.119. The average Bonchev–Trinajstić information content (AvgIpc) is 1.57. The number of rotatable bonds is 12. The third kappa shape index (κ3) is 12.4. The fourth-order valence-electron chi connectivity index (χ4n) is 16.3. The molecule has 0 amide bonds. The van der Waals surface area contributed by atoms with Gasteiger partial charge in [-0.15, -0.1) is 0 Å². The van der Waals surface area contributed by atoms with Crippen molar-refractivity contribution >= 4 is 21.5 Å². The molecule has 8 heteroatoms. The Morgan fingerprint density at radius 1 is 0.218 bits per heavy atom. The van der Waals surface area contributed by atoms with Crippen molar-refractivity contribution in [2.24, 2.45) is 0 Å². The lowest BCUT2D eigenvalue weighted by atomic mass is 9.79. The molecule has 2 aliphatic carbocycles. The van der Waals surface area contributed by atoms with Crippen LogP contribution >= 0.6 is 0 Å². The summed E-state index contributed by atoms with van der Waals surface area (Å²) in [4.78, 5) is 38.9. The molecule has 2 aliphatic rings. The zero-order valence-electron chi connectivity index (χ0n) is 61.2. The van der Waals surface area contributed by atoms with E-state index in [9.17, 15) is 0 Å². The third-order valence-corrected chi connectivity index (χ3v) is 22.0. The van der Waals surface area contributed by atoms with Crippen molar-refractivity contribution < 1.29 is 0 Å². The lowest BCUT2D eigenvalue weighted by molar-refractivity contribution is 0.661. The second kappa shape index (κ2) is 27.7. The van der Waals surface area contributed by atoms with Crippen molar-refractivity contribution in [3.05, 3.63) is 387 Å². The van der Waals surface area contributed by atoms with Crippen molar-refractivity contribution in [3.63, 3.8) is 0 Å². The zero-order chi connectivity index (χ0) is 73.9. The van der Waals surface area contributed by atoms with Crippen LogP contribution in [0.15, 0.2) is 364 Å². The summed E-state index contributed by atoms with van der Waals surface area (Å²) in [6.07, 6.45) is 5.47. The first kappa shape index (κ1) is 66.6. The summed E-state index contributed by atoms with van der Waals surface area (Å²) < 4.78 is 0. The molecule has 0 unspecified atom stereocenters. The Kier molecular flexibility index (Phi) is 16.8. The summed E-state index contributed by atoms with van der Waals surface area (Å²) in [7, 11) is 0. The van der Waals surface area contributed by atoms with Crippen LogP contribution in [0.4, 0.5) is 0 Å². The maximum atomic E-state index is 5.05. The third-order valence-electron chi connectivity index (χ3n) is 22.0. The molecule has 14 aromatic carbocycles. The van der Waals surface area contributed by atoms with Gasteiger partial charge >= 0.3 is 0 Å². The fraction of sp³-hybridized carbons (Fsp3) is 0.0588. The van der Waals surface area contributed by atoms with Crippen LogP contribution in [0.2, 0.25) is 0 Å².